The van der Waals surface area contributed by atoms with Crippen molar-refractivity contribution in [3.8, 4) is 0 Å². The zero-order chi connectivity index (χ0) is 19.2. The van der Waals surface area contributed by atoms with Crippen molar-refractivity contribution in [3.05, 3.63) is 22.3 Å². The van der Waals surface area contributed by atoms with Gasteiger partial charge in [-0.3, -0.25) is 9.69 Å². The van der Waals surface area contributed by atoms with Gasteiger partial charge in [0.25, 0.3) is 0 Å². The summed E-state index contributed by atoms with van der Waals surface area (Å²) in [6, 6.07) is 2.06. The molecule has 2 aliphatic rings. The molecule has 0 atom stereocenters. The third kappa shape index (κ3) is 3.39. The number of pyridine rings is 1. The van der Waals surface area contributed by atoms with Crippen LogP contribution in [0.4, 0.5) is 5.82 Å². The third-order valence-electron chi connectivity index (χ3n) is 6.19. The highest BCUT2D eigenvalue weighted by Crippen LogP contribution is 2.47. The number of aromatic nitrogens is 1. The molecule has 26 heavy (non-hydrogen) atoms. The number of fused-ring (bicyclic) bond motifs is 2. The SMILES string of the molecule is CC(C)(C)[Si](C)(C)OCCN1C(=O)C2(CCOCC2)c2cc(Br)cnc21. The highest BCUT2D eigenvalue weighted by Gasteiger charge is 2.52. The number of anilines is 1. The number of ether oxygens (including phenoxy) is 1. The van der Waals surface area contributed by atoms with Crippen molar-refractivity contribution in [2.24, 2.45) is 0 Å². The van der Waals surface area contributed by atoms with E-state index in [1.54, 1.807) is 6.20 Å². The lowest BCUT2D eigenvalue weighted by Crippen LogP contribution is -2.46. The Kier molecular flexibility index (Phi) is 5.38. The molecule has 7 heteroatoms. The first-order valence-electron chi connectivity index (χ1n) is 9.28. The van der Waals surface area contributed by atoms with E-state index in [0.717, 1.165) is 28.7 Å². The molecule has 144 valence electrons. The second-order valence-electron chi connectivity index (χ2n) is 8.78. The molecular formula is C19H29BrN2O3Si. The number of nitrogens with zero attached hydrogens (tertiary/aromatic N) is 2. The van der Waals surface area contributed by atoms with Crippen molar-refractivity contribution < 1.29 is 14.0 Å². The van der Waals surface area contributed by atoms with E-state index in [1.807, 2.05) is 4.90 Å². The zero-order valence-electron chi connectivity index (χ0n) is 16.4. The van der Waals surface area contributed by atoms with E-state index < -0.39 is 13.7 Å². The fourth-order valence-corrected chi connectivity index (χ4v) is 4.85. The molecule has 3 heterocycles. The summed E-state index contributed by atoms with van der Waals surface area (Å²) in [5.41, 5.74) is 0.550. The van der Waals surface area contributed by atoms with Crippen LogP contribution in [0.1, 0.15) is 39.2 Å². The number of carbonyl (C=O) groups excluding carboxylic acids is 1. The minimum Gasteiger partial charge on any atom is -0.415 e. The van der Waals surface area contributed by atoms with Crippen LogP contribution in [0.15, 0.2) is 16.7 Å². The van der Waals surface area contributed by atoms with Crippen LogP contribution < -0.4 is 4.90 Å². The fraction of sp³-hybridized carbons (Fsp3) is 0.684. The molecule has 1 amide bonds. The Labute approximate surface area is 165 Å². The predicted octanol–water partition coefficient (Wildman–Crippen LogP) is 4.26. The Balaban J connectivity index is 1.82. The van der Waals surface area contributed by atoms with E-state index in [1.165, 1.54) is 0 Å². The quantitative estimate of drug-likeness (QED) is 0.656. The van der Waals surface area contributed by atoms with Gasteiger partial charge < -0.3 is 9.16 Å². The van der Waals surface area contributed by atoms with Crippen molar-refractivity contribution in [1.29, 1.82) is 0 Å². The van der Waals surface area contributed by atoms with E-state index in [-0.39, 0.29) is 10.9 Å². The van der Waals surface area contributed by atoms with E-state index in [4.69, 9.17) is 9.16 Å². The summed E-state index contributed by atoms with van der Waals surface area (Å²) in [7, 11) is -1.83. The Bertz CT molecular complexity index is 697. The first-order chi connectivity index (χ1) is 12.1. The molecule has 0 N–H and O–H groups in total. The largest absolute Gasteiger partial charge is 0.415 e. The molecule has 5 nitrogen and oxygen atoms in total. The maximum absolute atomic E-state index is 13.4. The van der Waals surface area contributed by atoms with Gasteiger partial charge in [0, 0.05) is 36.0 Å². The molecule has 3 rings (SSSR count). The average molecular weight is 441 g/mol. The van der Waals surface area contributed by atoms with E-state index in [0.29, 0.717) is 26.4 Å². The van der Waals surface area contributed by atoms with Gasteiger partial charge in [-0.1, -0.05) is 20.8 Å². The van der Waals surface area contributed by atoms with Gasteiger partial charge in [-0.15, -0.1) is 0 Å². The third-order valence-corrected chi connectivity index (χ3v) is 11.2. The normalized spacial score (nSPS) is 19.9. The second kappa shape index (κ2) is 7.00. The summed E-state index contributed by atoms with van der Waals surface area (Å²) in [6.07, 6.45) is 3.21. The molecule has 1 saturated heterocycles. The summed E-state index contributed by atoms with van der Waals surface area (Å²) < 4.78 is 12.7. The summed E-state index contributed by atoms with van der Waals surface area (Å²) in [5, 5.41) is 0.158. The molecule has 1 aromatic heterocycles. The molecule has 0 aliphatic carbocycles. The number of hydrogen-bond donors (Lipinski definition) is 0. The molecule has 2 aliphatic heterocycles. The van der Waals surface area contributed by atoms with Crippen molar-refractivity contribution in [2.45, 2.75) is 57.2 Å². The van der Waals surface area contributed by atoms with Crippen LogP contribution in [0.3, 0.4) is 0 Å². The van der Waals surface area contributed by atoms with Gasteiger partial charge in [-0.25, -0.2) is 4.98 Å². The Hall–Kier alpha value is -0.763. The standard InChI is InChI=1S/C19H29BrN2O3Si/c1-18(2,3)26(4,5)25-11-8-22-16-15(12-14(20)13-21-16)19(17(22)23)6-9-24-10-7-19/h12-13H,6-11H2,1-5H3. The molecular weight excluding hydrogens is 412 g/mol. The molecule has 1 spiro atoms. The molecule has 0 aromatic carbocycles. The molecule has 1 aromatic rings. The fourth-order valence-electron chi connectivity index (χ4n) is 3.49. The minimum absolute atomic E-state index is 0.153. The smallest absolute Gasteiger partial charge is 0.239 e. The number of rotatable bonds is 4. The van der Waals surface area contributed by atoms with Gasteiger partial charge >= 0.3 is 0 Å². The van der Waals surface area contributed by atoms with Gasteiger partial charge in [-0.05, 0) is 53.0 Å². The highest BCUT2D eigenvalue weighted by molar-refractivity contribution is 9.10. The second-order valence-corrected chi connectivity index (χ2v) is 14.5. The van der Waals surface area contributed by atoms with Crippen LogP contribution in [0.25, 0.3) is 0 Å². The van der Waals surface area contributed by atoms with E-state index in [2.05, 4.69) is 60.8 Å². The van der Waals surface area contributed by atoms with Crippen LogP contribution in [-0.2, 0) is 19.4 Å². The zero-order valence-corrected chi connectivity index (χ0v) is 19.0. The summed E-state index contributed by atoms with van der Waals surface area (Å²) in [6.45, 7) is 13.5. The van der Waals surface area contributed by atoms with Crippen LogP contribution in [-0.4, -0.2) is 45.6 Å². The predicted molar refractivity (Wildman–Crippen MR) is 109 cm³/mol. The number of halogens is 1. The van der Waals surface area contributed by atoms with Crippen molar-refractivity contribution in [2.75, 3.05) is 31.3 Å². The summed E-state index contributed by atoms with van der Waals surface area (Å²) in [4.78, 5) is 19.8. The van der Waals surface area contributed by atoms with Crippen molar-refractivity contribution >= 4 is 36.0 Å². The lowest BCUT2D eigenvalue weighted by molar-refractivity contribution is -0.126. The first kappa shape index (κ1) is 20.0. The lowest BCUT2D eigenvalue weighted by atomic mass is 9.76. The van der Waals surface area contributed by atoms with Gasteiger partial charge in [0.15, 0.2) is 8.32 Å². The lowest BCUT2D eigenvalue weighted by Gasteiger charge is -2.36. The highest BCUT2D eigenvalue weighted by atomic mass is 79.9. The van der Waals surface area contributed by atoms with Crippen LogP contribution in [0, 0.1) is 0 Å². The minimum atomic E-state index is -1.83. The molecule has 0 bridgehead atoms. The first-order valence-corrected chi connectivity index (χ1v) is 13.0. The Morgan fingerprint density at radius 1 is 1.35 bits per heavy atom. The maximum atomic E-state index is 13.4. The van der Waals surface area contributed by atoms with Gasteiger partial charge in [0.2, 0.25) is 5.91 Å². The van der Waals surface area contributed by atoms with Gasteiger partial charge in [0.05, 0.1) is 12.0 Å². The Morgan fingerprint density at radius 3 is 2.62 bits per heavy atom. The number of hydrogen-bond acceptors (Lipinski definition) is 4. The van der Waals surface area contributed by atoms with Crippen LogP contribution in [0.2, 0.25) is 18.1 Å². The van der Waals surface area contributed by atoms with Crippen LogP contribution >= 0.6 is 15.9 Å². The molecule has 0 unspecified atom stereocenters. The topological polar surface area (TPSA) is 51.7 Å². The molecule has 0 saturated carbocycles. The maximum Gasteiger partial charge on any atom is 0.239 e. The summed E-state index contributed by atoms with van der Waals surface area (Å²) >= 11 is 3.51. The Morgan fingerprint density at radius 2 is 2.00 bits per heavy atom. The average Bonchev–Trinajstić information content (AvgIpc) is 2.77. The van der Waals surface area contributed by atoms with E-state index in [9.17, 15) is 4.79 Å². The monoisotopic (exact) mass is 440 g/mol. The van der Waals surface area contributed by atoms with Crippen molar-refractivity contribution in [1.82, 2.24) is 4.98 Å². The number of carbonyl (C=O) groups is 1. The molecule has 1 fully saturated rings. The van der Waals surface area contributed by atoms with Crippen LogP contribution in [0.5, 0.6) is 0 Å². The van der Waals surface area contributed by atoms with E-state index >= 15 is 0 Å². The summed E-state index contributed by atoms with van der Waals surface area (Å²) in [5.74, 6) is 0.944. The molecule has 0 radical (unpaired) electrons. The number of amides is 1. The van der Waals surface area contributed by atoms with Gasteiger partial charge in [0.1, 0.15) is 5.82 Å². The van der Waals surface area contributed by atoms with Crippen molar-refractivity contribution in [3.63, 3.8) is 0 Å². The van der Waals surface area contributed by atoms with Gasteiger partial charge in [-0.2, -0.15) is 0 Å².